The standard InChI is InChI=1S/C13H25NO/c1-3-4-10-15-11-9-14-13-7-5-12(2)6-8-13/h3,12-14H,1,4-11H2,2H3. The highest BCUT2D eigenvalue weighted by molar-refractivity contribution is 4.74. The zero-order valence-corrected chi connectivity index (χ0v) is 10.0. The Hall–Kier alpha value is -0.340. The molecule has 0 spiro atoms. The highest BCUT2D eigenvalue weighted by Crippen LogP contribution is 2.23. The second-order valence-corrected chi connectivity index (χ2v) is 4.60. The SMILES string of the molecule is C=CCCOCCNC1CCC(C)CC1. The van der Waals surface area contributed by atoms with Gasteiger partial charge in [-0.1, -0.05) is 13.0 Å². The van der Waals surface area contributed by atoms with Gasteiger partial charge in [0.25, 0.3) is 0 Å². The fraction of sp³-hybridized carbons (Fsp3) is 0.846. The molecule has 0 aromatic rings. The van der Waals surface area contributed by atoms with E-state index in [0.29, 0.717) is 0 Å². The molecule has 0 radical (unpaired) electrons. The lowest BCUT2D eigenvalue weighted by molar-refractivity contribution is 0.135. The first-order chi connectivity index (χ1) is 7.33. The number of hydrogen-bond donors (Lipinski definition) is 1. The Kier molecular flexibility index (Phi) is 6.69. The molecule has 1 aliphatic carbocycles. The first-order valence-electron chi connectivity index (χ1n) is 6.25. The van der Waals surface area contributed by atoms with Crippen molar-refractivity contribution in [2.45, 2.75) is 45.1 Å². The van der Waals surface area contributed by atoms with Gasteiger partial charge in [0.05, 0.1) is 13.2 Å². The molecule has 1 saturated carbocycles. The average molecular weight is 211 g/mol. The molecular formula is C13H25NO. The fourth-order valence-electron chi connectivity index (χ4n) is 2.07. The molecule has 0 amide bonds. The summed E-state index contributed by atoms with van der Waals surface area (Å²) >= 11 is 0. The molecule has 2 nitrogen and oxygen atoms in total. The normalized spacial score (nSPS) is 26.5. The van der Waals surface area contributed by atoms with Crippen LogP contribution in [0.25, 0.3) is 0 Å². The van der Waals surface area contributed by atoms with Crippen molar-refractivity contribution in [3.63, 3.8) is 0 Å². The second kappa shape index (κ2) is 7.89. The molecule has 88 valence electrons. The molecule has 0 aliphatic heterocycles. The summed E-state index contributed by atoms with van der Waals surface area (Å²) in [5, 5.41) is 3.57. The van der Waals surface area contributed by atoms with E-state index in [9.17, 15) is 0 Å². The van der Waals surface area contributed by atoms with Gasteiger partial charge in [0.1, 0.15) is 0 Å². The summed E-state index contributed by atoms with van der Waals surface area (Å²) in [4.78, 5) is 0. The van der Waals surface area contributed by atoms with Gasteiger partial charge >= 0.3 is 0 Å². The van der Waals surface area contributed by atoms with Crippen LogP contribution in [-0.4, -0.2) is 25.8 Å². The minimum absolute atomic E-state index is 0.740. The Balaban J connectivity index is 1.89. The van der Waals surface area contributed by atoms with Crippen LogP contribution in [0.5, 0.6) is 0 Å². The van der Waals surface area contributed by atoms with Crippen LogP contribution in [-0.2, 0) is 4.74 Å². The van der Waals surface area contributed by atoms with E-state index in [1.54, 1.807) is 0 Å². The first kappa shape index (κ1) is 12.7. The van der Waals surface area contributed by atoms with Crippen LogP contribution >= 0.6 is 0 Å². The van der Waals surface area contributed by atoms with Crippen molar-refractivity contribution in [3.8, 4) is 0 Å². The zero-order chi connectivity index (χ0) is 10.9. The summed E-state index contributed by atoms with van der Waals surface area (Å²) in [6, 6.07) is 0.740. The fourth-order valence-corrected chi connectivity index (χ4v) is 2.07. The maximum Gasteiger partial charge on any atom is 0.0591 e. The number of rotatable bonds is 7. The molecule has 2 heteroatoms. The molecule has 1 N–H and O–H groups in total. The van der Waals surface area contributed by atoms with Gasteiger partial charge in [0.2, 0.25) is 0 Å². The van der Waals surface area contributed by atoms with Gasteiger partial charge in [-0.25, -0.2) is 0 Å². The largest absolute Gasteiger partial charge is 0.380 e. The summed E-state index contributed by atoms with van der Waals surface area (Å²) in [6.07, 6.45) is 8.31. The van der Waals surface area contributed by atoms with Crippen molar-refractivity contribution < 1.29 is 4.74 Å². The third-order valence-corrected chi connectivity index (χ3v) is 3.16. The molecule has 15 heavy (non-hydrogen) atoms. The Morgan fingerprint density at radius 2 is 2.00 bits per heavy atom. The van der Waals surface area contributed by atoms with Gasteiger partial charge < -0.3 is 10.1 Å². The molecule has 1 aliphatic rings. The Morgan fingerprint density at radius 3 is 2.67 bits per heavy atom. The topological polar surface area (TPSA) is 21.3 Å². The van der Waals surface area contributed by atoms with Crippen molar-refractivity contribution in [2.24, 2.45) is 5.92 Å². The maximum absolute atomic E-state index is 5.45. The van der Waals surface area contributed by atoms with Crippen molar-refractivity contribution in [2.75, 3.05) is 19.8 Å². The molecule has 0 aromatic carbocycles. The second-order valence-electron chi connectivity index (χ2n) is 4.60. The molecule has 0 heterocycles. The third kappa shape index (κ3) is 5.95. The van der Waals surface area contributed by atoms with Gasteiger partial charge in [-0.3, -0.25) is 0 Å². The molecule has 0 saturated heterocycles. The van der Waals surface area contributed by atoms with E-state index in [4.69, 9.17) is 4.74 Å². The van der Waals surface area contributed by atoms with E-state index in [1.165, 1.54) is 25.7 Å². The Bertz CT molecular complexity index is 162. The number of ether oxygens (including phenoxy) is 1. The van der Waals surface area contributed by atoms with Crippen LogP contribution in [0.2, 0.25) is 0 Å². The predicted octanol–water partition coefficient (Wildman–Crippen LogP) is 2.75. The van der Waals surface area contributed by atoms with Gasteiger partial charge in [-0.05, 0) is 38.0 Å². The van der Waals surface area contributed by atoms with E-state index in [-0.39, 0.29) is 0 Å². The Morgan fingerprint density at radius 1 is 1.27 bits per heavy atom. The van der Waals surface area contributed by atoms with Crippen molar-refractivity contribution in [1.82, 2.24) is 5.32 Å². The summed E-state index contributed by atoms with van der Waals surface area (Å²) in [6.45, 7) is 8.66. The minimum Gasteiger partial charge on any atom is -0.380 e. The van der Waals surface area contributed by atoms with Crippen LogP contribution in [0, 0.1) is 5.92 Å². The van der Waals surface area contributed by atoms with Crippen LogP contribution < -0.4 is 5.32 Å². The summed E-state index contributed by atoms with van der Waals surface area (Å²) in [5.41, 5.74) is 0. The van der Waals surface area contributed by atoms with E-state index in [0.717, 1.165) is 38.1 Å². The molecular weight excluding hydrogens is 186 g/mol. The number of hydrogen-bond acceptors (Lipinski definition) is 2. The molecule has 0 unspecified atom stereocenters. The molecule has 1 fully saturated rings. The molecule has 0 bridgehead atoms. The van der Waals surface area contributed by atoms with E-state index in [1.807, 2.05) is 6.08 Å². The summed E-state index contributed by atoms with van der Waals surface area (Å²) in [7, 11) is 0. The lowest BCUT2D eigenvalue weighted by atomic mass is 9.87. The van der Waals surface area contributed by atoms with Gasteiger partial charge in [0.15, 0.2) is 0 Å². The van der Waals surface area contributed by atoms with Gasteiger partial charge in [-0.15, -0.1) is 6.58 Å². The van der Waals surface area contributed by atoms with Crippen molar-refractivity contribution in [3.05, 3.63) is 12.7 Å². The molecule has 0 atom stereocenters. The van der Waals surface area contributed by atoms with Crippen molar-refractivity contribution >= 4 is 0 Å². The first-order valence-corrected chi connectivity index (χ1v) is 6.25. The minimum atomic E-state index is 0.740. The zero-order valence-electron chi connectivity index (χ0n) is 10.0. The van der Waals surface area contributed by atoms with Crippen LogP contribution in [0.4, 0.5) is 0 Å². The quantitative estimate of drug-likeness (QED) is 0.516. The average Bonchev–Trinajstić information content (AvgIpc) is 2.26. The van der Waals surface area contributed by atoms with Gasteiger partial charge in [0, 0.05) is 12.6 Å². The third-order valence-electron chi connectivity index (χ3n) is 3.16. The molecule has 1 rings (SSSR count). The monoisotopic (exact) mass is 211 g/mol. The van der Waals surface area contributed by atoms with Crippen LogP contribution in [0.15, 0.2) is 12.7 Å². The lowest BCUT2D eigenvalue weighted by Crippen LogP contribution is -2.34. The van der Waals surface area contributed by atoms with E-state index >= 15 is 0 Å². The van der Waals surface area contributed by atoms with E-state index in [2.05, 4.69) is 18.8 Å². The highest BCUT2D eigenvalue weighted by Gasteiger charge is 2.16. The summed E-state index contributed by atoms with van der Waals surface area (Å²) in [5.74, 6) is 0.937. The lowest BCUT2D eigenvalue weighted by Gasteiger charge is -2.26. The summed E-state index contributed by atoms with van der Waals surface area (Å²) < 4.78 is 5.45. The van der Waals surface area contributed by atoms with Crippen molar-refractivity contribution in [1.29, 1.82) is 0 Å². The predicted molar refractivity (Wildman–Crippen MR) is 65.1 cm³/mol. The maximum atomic E-state index is 5.45. The highest BCUT2D eigenvalue weighted by atomic mass is 16.5. The smallest absolute Gasteiger partial charge is 0.0591 e. The number of nitrogens with one attached hydrogen (secondary N) is 1. The van der Waals surface area contributed by atoms with Crippen LogP contribution in [0.1, 0.15) is 39.0 Å². The van der Waals surface area contributed by atoms with Crippen LogP contribution in [0.3, 0.4) is 0 Å². The van der Waals surface area contributed by atoms with Gasteiger partial charge in [-0.2, -0.15) is 0 Å². The van der Waals surface area contributed by atoms with E-state index < -0.39 is 0 Å². The Labute approximate surface area is 94.1 Å². The molecule has 0 aromatic heterocycles.